The lowest BCUT2D eigenvalue weighted by atomic mass is 9.99. The van der Waals surface area contributed by atoms with Crippen LogP contribution in [0.15, 0.2) is 24.3 Å². The summed E-state index contributed by atoms with van der Waals surface area (Å²) in [7, 11) is 1.75. The molecule has 1 unspecified atom stereocenters. The van der Waals surface area contributed by atoms with Gasteiger partial charge in [-0.05, 0) is 43.7 Å². The van der Waals surface area contributed by atoms with Gasteiger partial charge in [-0.1, -0.05) is 24.3 Å². The molecule has 0 spiro atoms. The van der Waals surface area contributed by atoms with Gasteiger partial charge in [-0.15, -0.1) is 0 Å². The minimum Gasteiger partial charge on any atom is -0.383 e. The van der Waals surface area contributed by atoms with Gasteiger partial charge in [0.1, 0.15) is 0 Å². The van der Waals surface area contributed by atoms with Gasteiger partial charge in [0.15, 0.2) is 0 Å². The molecule has 2 rings (SSSR count). The van der Waals surface area contributed by atoms with Crippen molar-refractivity contribution in [1.82, 2.24) is 4.90 Å². The summed E-state index contributed by atoms with van der Waals surface area (Å²) in [5.41, 5.74) is 8.91. The van der Waals surface area contributed by atoms with Crippen molar-refractivity contribution in [2.45, 2.75) is 44.7 Å². The van der Waals surface area contributed by atoms with Crippen molar-refractivity contribution in [3.05, 3.63) is 35.4 Å². The standard InChI is InChI=1S/C17H28N2O/c1-13(2)19(9-10-20-3)17(12-18)16-6-4-5-15(11-16)14-7-8-14/h4-6,11,13-14,17H,7-10,12,18H2,1-3H3. The van der Waals surface area contributed by atoms with Crippen LogP contribution >= 0.6 is 0 Å². The normalized spacial score (nSPS) is 16.9. The monoisotopic (exact) mass is 276 g/mol. The van der Waals surface area contributed by atoms with Gasteiger partial charge in [0.25, 0.3) is 0 Å². The third-order valence-electron chi connectivity index (χ3n) is 4.18. The molecule has 0 aromatic heterocycles. The summed E-state index contributed by atoms with van der Waals surface area (Å²) >= 11 is 0. The summed E-state index contributed by atoms with van der Waals surface area (Å²) < 4.78 is 5.24. The van der Waals surface area contributed by atoms with E-state index in [1.54, 1.807) is 7.11 Å². The van der Waals surface area contributed by atoms with Gasteiger partial charge >= 0.3 is 0 Å². The molecule has 2 N–H and O–H groups in total. The average molecular weight is 276 g/mol. The van der Waals surface area contributed by atoms with E-state index in [-0.39, 0.29) is 6.04 Å². The summed E-state index contributed by atoms with van der Waals surface area (Å²) in [4.78, 5) is 2.44. The number of rotatable bonds is 8. The van der Waals surface area contributed by atoms with Crippen molar-refractivity contribution >= 4 is 0 Å². The minimum atomic E-state index is 0.281. The maximum Gasteiger partial charge on any atom is 0.0590 e. The van der Waals surface area contributed by atoms with Crippen LogP contribution in [0.25, 0.3) is 0 Å². The highest BCUT2D eigenvalue weighted by molar-refractivity contribution is 5.31. The first-order valence-corrected chi connectivity index (χ1v) is 7.72. The smallest absolute Gasteiger partial charge is 0.0590 e. The fourth-order valence-corrected chi connectivity index (χ4v) is 2.87. The predicted molar refractivity (Wildman–Crippen MR) is 83.9 cm³/mol. The van der Waals surface area contributed by atoms with Crippen LogP contribution in [0.4, 0.5) is 0 Å². The largest absolute Gasteiger partial charge is 0.383 e. The lowest BCUT2D eigenvalue weighted by molar-refractivity contribution is 0.0979. The Kier molecular flexibility index (Phi) is 5.58. The molecule has 1 fully saturated rings. The molecule has 3 nitrogen and oxygen atoms in total. The molecule has 1 aromatic rings. The van der Waals surface area contributed by atoms with E-state index in [1.165, 1.54) is 24.0 Å². The Bertz CT molecular complexity index is 415. The molecule has 20 heavy (non-hydrogen) atoms. The number of ether oxygens (including phenoxy) is 1. The number of hydrogen-bond donors (Lipinski definition) is 1. The van der Waals surface area contributed by atoms with E-state index in [1.807, 2.05) is 0 Å². The molecule has 1 atom stereocenters. The SMILES string of the molecule is COCCN(C(C)C)C(CN)c1cccc(C2CC2)c1. The Hall–Kier alpha value is -0.900. The van der Waals surface area contributed by atoms with E-state index in [0.29, 0.717) is 12.6 Å². The zero-order valence-electron chi connectivity index (χ0n) is 13.0. The molecule has 0 radical (unpaired) electrons. The maximum absolute atomic E-state index is 6.07. The summed E-state index contributed by atoms with van der Waals surface area (Å²) in [6.07, 6.45) is 2.68. The topological polar surface area (TPSA) is 38.5 Å². The molecule has 0 amide bonds. The molecular formula is C17H28N2O. The van der Waals surface area contributed by atoms with Crippen molar-refractivity contribution in [2.75, 3.05) is 26.8 Å². The molecule has 1 saturated carbocycles. The lowest BCUT2D eigenvalue weighted by Gasteiger charge is -2.34. The summed E-state index contributed by atoms with van der Waals surface area (Å²) in [6, 6.07) is 9.75. The van der Waals surface area contributed by atoms with E-state index in [4.69, 9.17) is 10.5 Å². The molecule has 0 saturated heterocycles. The quantitative estimate of drug-likeness (QED) is 0.793. The Labute approximate surface area is 123 Å². The van der Waals surface area contributed by atoms with Gasteiger partial charge in [-0.3, -0.25) is 4.90 Å². The van der Waals surface area contributed by atoms with Crippen molar-refractivity contribution in [1.29, 1.82) is 0 Å². The van der Waals surface area contributed by atoms with Crippen LogP contribution in [0.2, 0.25) is 0 Å². The van der Waals surface area contributed by atoms with E-state index in [2.05, 4.69) is 43.0 Å². The summed E-state index contributed by atoms with van der Waals surface area (Å²) in [5, 5.41) is 0. The fraction of sp³-hybridized carbons (Fsp3) is 0.647. The third kappa shape index (κ3) is 3.81. The fourth-order valence-electron chi connectivity index (χ4n) is 2.87. The second kappa shape index (κ2) is 7.21. The zero-order valence-corrected chi connectivity index (χ0v) is 13.0. The van der Waals surface area contributed by atoms with Gasteiger partial charge in [0.05, 0.1) is 6.61 Å². The van der Waals surface area contributed by atoms with Gasteiger partial charge in [-0.25, -0.2) is 0 Å². The number of nitrogens with zero attached hydrogens (tertiary/aromatic N) is 1. The van der Waals surface area contributed by atoms with Crippen molar-refractivity contribution in [2.24, 2.45) is 5.73 Å². The van der Waals surface area contributed by atoms with E-state index in [0.717, 1.165) is 19.1 Å². The van der Waals surface area contributed by atoms with Crippen LogP contribution in [0.1, 0.15) is 49.8 Å². The molecule has 3 heteroatoms. The highest BCUT2D eigenvalue weighted by atomic mass is 16.5. The Balaban J connectivity index is 2.17. The van der Waals surface area contributed by atoms with E-state index >= 15 is 0 Å². The first kappa shape index (κ1) is 15.5. The highest BCUT2D eigenvalue weighted by Gasteiger charge is 2.26. The van der Waals surface area contributed by atoms with Gasteiger partial charge in [0, 0.05) is 32.3 Å². The van der Waals surface area contributed by atoms with Gasteiger partial charge < -0.3 is 10.5 Å². The van der Waals surface area contributed by atoms with Crippen molar-refractivity contribution in [3.63, 3.8) is 0 Å². The molecule has 0 aliphatic heterocycles. The number of nitrogens with two attached hydrogens (primary N) is 1. The van der Waals surface area contributed by atoms with Crippen molar-refractivity contribution in [3.8, 4) is 0 Å². The molecule has 1 aliphatic carbocycles. The van der Waals surface area contributed by atoms with Gasteiger partial charge in [0.2, 0.25) is 0 Å². The van der Waals surface area contributed by atoms with Crippen LogP contribution in [-0.4, -0.2) is 37.7 Å². The zero-order chi connectivity index (χ0) is 14.5. The predicted octanol–water partition coefficient (Wildman–Crippen LogP) is 2.92. The Morgan fingerprint density at radius 2 is 2.10 bits per heavy atom. The summed E-state index contributed by atoms with van der Waals surface area (Å²) in [5.74, 6) is 0.792. The summed E-state index contributed by atoms with van der Waals surface area (Å²) in [6.45, 7) is 6.77. The van der Waals surface area contributed by atoms with Crippen LogP contribution < -0.4 is 5.73 Å². The van der Waals surface area contributed by atoms with E-state index in [9.17, 15) is 0 Å². The number of hydrogen-bond acceptors (Lipinski definition) is 3. The number of methoxy groups -OCH3 is 1. The van der Waals surface area contributed by atoms with Gasteiger partial charge in [-0.2, -0.15) is 0 Å². The second-order valence-corrected chi connectivity index (χ2v) is 6.02. The molecule has 112 valence electrons. The van der Waals surface area contributed by atoms with Crippen LogP contribution in [0.3, 0.4) is 0 Å². The first-order valence-electron chi connectivity index (χ1n) is 7.72. The molecule has 0 bridgehead atoms. The van der Waals surface area contributed by atoms with Crippen LogP contribution in [-0.2, 0) is 4.74 Å². The Morgan fingerprint density at radius 3 is 2.65 bits per heavy atom. The third-order valence-corrected chi connectivity index (χ3v) is 4.18. The Morgan fingerprint density at radius 1 is 1.35 bits per heavy atom. The van der Waals surface area contributed by atoms with E-state index < -0.39 is 0 Å². The molecule has 1 aliphatic rings. The minimum absolute atomic E-state index is 0.281. The van der Waals surface area contributed by atoms with Crippen molar-refractivity contribution < 1.29 is 4.74 Å². The molecule has 1 aromatic carbocycles. The average Bonchev–Trinajstić information content (AvgIpc) is 3.27. The lowest BCUT2D eigenvalue weighted by Crippen LogP contribution is -2.40. The first-order chi connectivity index (χ1) is 9.67. The molecule has 0 heterocycles. The maximum atomic E-state index is 6.07. The number of benzene rings is 1. The van der Waals surface area contributed by atoms with Crippen LogP contribution in [0, 0.1) is 0 Å². The van der Waals surface area contributed by atoms with Crippen LogP contribution in [0.5, 0.6) is 0 Å². The second-order valence-electron chi connectivity index (χ2n) is 6.02. The molecular weight excluding hydrogens is 248 g/mol. The highest BCUT2D eigenvalue weighted by Crippen LogP contribution is 2.40.